The second-order valence-corrected chi connectivity index (χ2v) is 5.74. The molecule has 4 nitrogen and oxygen atoms in total. The molecule has 0 saturated heterocycles. The molecule has 1 heterocycles. The second-order valence-electron chi connectivity index (χ2n) is 5.74. The zero-order valence-electron chi connectivity index (χ0n) is 11.5. The van der Waals surface area contributed by atoms with E-state index in [2.05, 4.69) is 38.0 Å². The number of aromatic nitrogens is 1. The van der Waals surface area contributed by atoms with Crippen molar-refractivity contribution >= 4 is 5.97 Å². The van der Waals surface area contributed by atoms with Crippen LogP contribution in [0.3, 0.4) is 0 Å². The van der Waals surface area contributed by atoms with E-state index >= 15 is 0 Å². The number of pyridine rings is 1. The first kappa shape index (κ1) is 14.6. The summed E-state index contributed by atoms with van der Waals surface area (Å²) in [7, 11) is 0. The molecule has 18 heavy (non-hydrogen) atoms. The van der Waals surface area contributed by atoms with Crippen LogP contribution in [0.2, 0.25) is 0 Å². The van der Waals surface area contributed by atoms with Crippen LogP contribution in [-0.2, 0) is 6.54 Å². The first-order chi connectivity index (χ1) is 8.30. The SMILES string of the molecule is CC(CNCc1ccc(C(=O)O)cn1)C(C)(C)C. The van der Waals surface area contributed by atoms with Crippen LogP contribution in [0.15, 0.2) is 18.3 Å². The highest BCUT2D eigenvalue weighted by atomic mass is 16.4. The van der Waals surface area contributed by atoms with E-state index in [1.54, 1.807) is 12.1 Å². The minimum atomic E-state index is -0.941. The van der Waals surface area contributed by atoms with Gasteiger partial charge in [-0.2, -0.15) is 0 Å². The number of hydrogen-bond donors (Lipinski definition) is 2. The monoisotopic (exact) mass is 250 g/mol. The predicted molar refractivity (Wildman–Crippen MR) is 71.5 cm³/mol. The largest absolute Gasteiger partial charge is 0.478 e. The summed E-state index contributed by atoms with van der Waals surface area (Å²) in [4.78, 5) is 14.8. The van der Waals surface area contributed by atoms with Crippen LogP contribution in [0.4, 0.5) is 0 Å². The van der Waals surface area contributed by atoms with Gasteiger partial charge >= 0.3 is 5.97 Å². The van der Waals surface area contributed by atoms with Crippen molar-refractivity contribution < 1.29 is 9.90 Å². The molecule has 0 aliphatic heterocycles. The minimum absolute atomic E-state index is 0.224. The van der Waals surface area contributed by atoms with Gasteiger partial charge in [0.1, 0.15) is 0 Å². The molecule has 1 aromatic rings. The van der Waals surface area contributed by atoms with Crippen LogP contribution in [0.5, 0.6) is 0 Å². The van der Waals surface area contributed by atoms with Gasteiger partial charge in [0.25, 0.3) is 0 Å². The lowest BCUT2D eigenvalue weighted by molar-refractivity contribution is 0.0696. The highest BCUT2D eigenvalue weighted by molar-refractivity contribution is 5.87. The summed E-state index contributed by atoms with van der Waals surface area (Å²) in [6.45, 7) is 10.5. The maximum absolute atomic E-state index is 10.7. The van der Waals surface area contributed by atoms with Crippen molar-refractivity contribution in [2.45, 2.75) is 34.2 Å². The predicted octanol–water partition coefficient (Wildman–Crippen LogP) is 2.55. The number of rotatable bonds is 5. The molecule has 0 bridgehead atoms. The van der Waals surface area contributed by atoms with E-state index in [1.807, 2.05) is 0 Å². The van der Waals surface area contributed by atoms with Gasteiger partial charge in [0.15, 0.2) is 0 Å². The van der Waals surface area contributed by atoms with Crippen molar-refractivity contribution in [2.75, 3.05) is 6.54 Å². The van der Waals surface area contributed by atoms with E-state index in [4.69, 9.17) is 5.11 Å². The molecule has 2 N–H and O–H groups in total. The Balaban J connectivity index is 2.43. The molecule has 1 aromatic heterocycles. The van der Waals surface area contributed by atoms with Crippen LogP contribution in [0.1, 0.15) is 43.7 Å². The van der Waals surface area contributed by atoms with E-state index < -0.39 is 5.97 Å². The van der Waals surface area contributed by atoms with Gasteiger partial charge in [0.05, 0.1) is 11.3 Å². The molecule has 0 spiro atoms. The van der Waals surface area contributed by atoms with E-state index in [9.17, 15) is 4.79 Å². The van der Waals surface area contributed by atoms with Gasteiger partial charge in [-0.25, -0.2) is 4.79 Å². The first-order valence-corrected chi connectivity index (χ1v) is 6.19. The molecule has 0 fully saturated rings. The number of carboxylic acids is 1. The highest BCUT2D eigenvalue weighted by Gasteiger charge is 2.19. The number of nitrogens with one attached hydrogen (secondary N) is 1. The first-order valence-electron chi connectivity index (χ1n) is 6.19. The van der Waals surface area contributed by atoms with E-state index in [0.717, 1.165) is 12.2 Å². The van der Waals surface area contributed by atoms with Gasteiger partial charge in [0, 0.05) is 12.7 Å². The van der Waals surface area contributed by atoms with Crippen LogP contribution >= 0.6 is 0 Å². The fourth-order valence-electron chi connectivity index (χ4n) is 1.38. The zero-order chi connectivity index (χ0) is 13.8. The third kappa shape index (κ3) is 4.45. The van der Waals surface area contributed by atoms with Gasteiger partial charge in [-0.05, 0) is 30.0 Å². The van der Waals surface area contributed by atoms with Crippen LogP contribution in [-0.4, -0.2) is 22.6 Å². The maximum Gasteiger partial charge on any atom is 0.337 e. The average Bonchev–Trinajstić information content (AvgIpc) is 2.28. The van der Waals surface area contributed by atoms with Crippen molar-refractivity contribution in [1.82, 2.24) is 10.3 Å². The fraction of sp³-hybridized carbons (Fsp3) is 0.571. The van der Waals surface area contributed by atoms with E-state index in [1.165, 1.54) is 6.20 Å². The fourth-order valence-corrected chi connectivity index (χ4v) is 1.38. The number of nitrogens with zero attached hydrogens (tertiary/aromatic N) is 1. The molecular formula is C14H22N2O2. The molecule has 0 saturated carbocycles. The Labute approximate surface area is 108 Å². The van der Waals surface area contributed by atoms with Crippen LogP contribution in [0, 0.1) is 11.3 Å². The highest BCUT2D eigenvalue weighted by Crippen LogP contribution is 2.24. The number of aromatic carboxylic acids is 1. The van der Waals surface area contributed by atoms with Gasteiger partial charge in [0.2, 0.25) is 0 Å². The molecule has 0 aliphatic rings. The van der Waals surface area contributed by atoms with Crippen molar-refractivity contribution in [1.29, 1.82) is 0 Å². The molecule has 1 unspecified atom stereocenters. The summed E-state index contributed by atoms with van der Waals surface area (Å²) in [6.07, 6.45) is 1.40. The quantitative estimate of drug-likeness (QED) is 0.843. The summed E-state index contributed by atoms with van der Waals surface area (Å²) < 4.78 is 0. The molecule has 0 radical (unpaired) electrons. The number of carboxylic acid groups (broad SMARTS) is 1. The lowest BCUT2D eigenvalue weighted by Gasteiger charge is -2.27. The van der Waals surface area contributed by atoms with Crippen molar-refractivity contribution in [3.8, 4) is 0 Å². The second kappa shape index (κ2) is 5.96. The Morgan fingerprint density at radius 2 is 2.11 bits per heavy atom. The lowest BCUT2D eigenvalue weighted by Crippen LogP contribution is -2.29. The number of hydrogen-bond acceptors (Lipinski definition) is 3. The van der Waals surface area contributed by atoms with Gasteiger partial charge in [-0.3, -0.25) is 4.98 Å². The molecule has 4 heteroatoms. The summed E-state index contributed by atoms with van der Waals surface area (Å²) in [6, 6.07) is 3.33. The summed E-state index contributed by atoms with van der Waals surface area (Å²) >= 11 is 0. The molecule has 100 valence electrons. The topological polar surface area (TPSA) is 62.2 Å². The Bertz CT molecular complexity index is 393. The third-order valence-electron chi connectivity index (χ3n) is 3.31. The summed E-state index contributed by atoms with van der Waals surface area (Å²) in [5, 5.41) is 12.1. The van der Waals surface area contributed by atoms with Crippen molar-refractivity contribution in [2.24, 2.45) is 11.3 Å². The van der Waals surface area contributed by atoms with Gasteiger partial charge in [-0.15, -0.1) is 0 Å². The Morgan fingerprint density at radius 3 is 2.56 bits per heavy atom. The van der Waals surface area contributed by atoms with E-state index in [0.29, 0.717) is 12.5 Å². The minimum Gasteiger partial charge on any atom is -0.478 e. The third-order valence-corrected chi connectivity index (χ3v) is 3.31. The van der Waals surface area contributed by atoms with E-state index in [-0.39, 0.29) is 11.0 Å². The average molecular weight is 250 g/mol. The maximum atomic E-state index is 10.7. The zero-order valence-corrected chi connectivity index (χ0v) is 11.5. The molecular weight excluding hydrogens is 228 g/mol. The number of carbonyl (C=O) groups is 1. The van der Waals surface area contributed by atoms with Gasteiger partial charge in [-0.1, -0.05) is 27.7 Å². The molecule has 1 atom stereocenters. The normalized spacial score (nSPS) is 13.3. The standard InChI is InChI=1S/C14H22N2O2/c1-10(14(2,3)4)7-15-9-12-6-5-11(8-16-12)13(17)18/h5-6,8,10,15H,7,9H2,1-4H3,(H,17,18). The molecule has 0 aliphatic carbocycles. The van der Waals surface area contributed by atoms with Crippen LogP contribution < -0.4 is 5.32 Å². The lowest BCUT2D eigenvalue weighted by atomic mass is 9.82. The van der Waals surface area contributed by atoms with Crippen LogP contribution in [0.25, 0.3) is 0 Å². The van der Waals surface area contributed by atoms with Crippen molar-refractivity contribution in [3.63, 3.8) is 0 Å². The Hall–Kier alpha value is -1.42. The Morgan fingerprint density at radius 1 is 1.44 bits per heavy atom. The Kier molecular flexibility index (Phi) is 4.84. The molecule has 1 rings (SSSR count). The van der Waals surface area contributed by atoms with Gasteiger partial charge < -0.3 is 10.4 Å². The summed E-state index contributed by atoms with van der Waals surface area (Å²) in [5.41, 5.74) is 1.37. The molecule has 0 aromatic carbocycles. The smallest absolute Gasteiger partial charge is 0.337 e. The van der Waals surface area contributed by atoms with Crippen molar-refractivity contribution in [3.05, 3.63) is 29.6 Å². The summed E-state index contributed by atoms with van der Waals surface area (Å²) in [5.74, 6) is -0.376. The molecule has 0 amide bonds.